The van der Waals surface area contributed by atoms with Crippen molar-refractivity contribution in [2.75, 3.05) is 6.61 Å². The molecule has 2 rings (SSSR count). The van der Waals surface area contributed by atoms with Gasteiger partial charge in [0.15, 0.2) is 0 Å². The maximum Gasteiger partial charge on any atom is 0.311 e. The molecule has 5 nitrogen and oxygen atoms in total. The zero-order valence-corrected chi connectivity index (χ0v) is 14.4. The fraction of sp³-hybridized carbons (Fsp3) is 0.250. The lowest BCUT2D eigenvalue weighted by molar-refractivity contribution is -0.141. The molecule has 0 radical (unpaired) electrons. The summed E-state index contributed by atoms with van der Waals surface area (Å²) in [6.07, 6.45) is 0.0511. The smallest absolute Gasteiger partial charge is 0.311 e. The monoisotopic (exact) mass is 338 g/mol. The average molecular weight is 338 g/mol. The summed E-state index contributed by atoms with van der Waals surface area (Å²) in [5, 5.41) is 4.03. The summed E-state index contributed by atoms with van der Waals surface area (Å²) in [6.45, 7) is 3.75. The van der Waals surface area contributed by atoms with E-state index in [1.54, 1.807) is 13.8 Å². The molecule has 1 N–H and O–H groups in total. The van der Waals surface area contributed by atoms with Crippen LogP contribution in [-0.2, 0) is 14.3 Å². The molecule has 0 aliphatic rings. The number of carbonyl (C=O) groups is 2. The SMILES string of the molecule is CCOC(=O)C/C(C)=N\NC(=O)C(c1ccccc1)c1ccccc1. The first-order chi connectivity index (χ1) is 12.1. The van der Waals surface area contributed by atoms with E-state index in [0.717, 1.165) is 11.1 Å². The summed E-state index contributed by atoms with van der Waals surface area (Å²) in [7, 11) is 0. The minimum Gasteiger partial charge on any atom is -0.466 e. The van der Waals surface area contributed by atoms with Gasteiger partial charge in [-0.05, 0) is 25.0 Å². The third-order valence-electron chi connectivity index (χ3n) is 3.59. The van der Waals surface area contributed by atoms with Crippen molar-refractivity contribution in [2.45, 2.75) is 26.2 Å². The number of rotatable bonds is 7. The maximum atomic E-state index is 12.7. The van der Waals surface area contributed by atoms with Crippen molar-refractivity contribution in [1.82, 2.24) is 5.43 Å². The van der Waals surface area contributed by atoms with Gasteiger partial charge in [-0.25, -0.2) is 5.43 Å². The highest BCUT2D eigenvalue weighted by atomic mass is 16.5. The van der Waals surface area contributed by atoms with Gasteiger partial charge < -0.3 is 4.74 Å². The number of ether oxygens (including phenoxy) is 1. The second kappa shape index (κ2) is 9.37. The molecule has 5 heteroatoms. The van der Waals surface area contributed by atoms with E-state index in [0.29, 0.717) is 12.3 Å². The topological polar surface area (TPSA) is 67.8 Å². The highest BCUT2D eigenvalue weighted by molar-refractivity contribution is 5.98. The molecule has 0 unspecified atom stereocenters. The number of amides is 1. The van der Waals surface area contributed by atoms with Gasteiger partial charge in [0.25, 0.3) is 5.91 Å². The number of carbonyl (C=O) groups excluding carboxylic acids is 2. The van der Waals surface area contributed by atoms with Gasteiger partial charge in [0.05, 0.1) is 18.9 Å². The average Bonchev–Trinajstić information content (AvgIpc) is 2.62. The summed E-state index contributed by atoms with van der Waals surface area (Å²) in [4.78, 5) is 24.2. The van der Waals surface area contributed by atoms with Crippen molar-refractivity contribution in [1.29, 1.82) is 0 Å². The lowest BCUT2D eigenvalue weighted by atomic mass is 9.91. The molecule has 130 valence electrons. The van der Waals surface area contributed by atoms with E-state index in [1.807, 2.05) is 60.7 Å². The predicted molar refractivity (Wildman–Crippen MR) is 97.2 cm³/mol. The number of benzene rings is 2. The minimum atomic E-state index is -0.471. The Labute approximate surface area is 147 Å². The van der Waals surface area contributed by atoms with Crippen LogP contribution < -0.4 is 5.43 Å². The van der Waals surface area contributed by atoms with E-state index < -0.39 is 5.92 Å². The highest BCUT2D eigenvalue weighted by Crippen LogP contribution is 2.24. The first-order valence-corrected chi connectivity index (χ1v) is 8.20. The summed E-state index contributed by atoms with van der Waals surface area (Å²) in [6, 6.07) is 19.0. The van der Waals surface area contributed by atoms with Crippen molar-refractivity contribution >= 4 is 17.6 Å². The predicted octanol–water partition coefficient (Wildman–Crippen LogP) is 3.26. The molecule has 0 bridgehead atoms. The minimum absolute atomic E-state index is 0.0511. The summed E-state index contributed by atoms with van der Waals surface area (Å²) in [5.41, 5.74) is 4.82. The second-order valence-corrected chi connectivity index (χ2v) is 5.56. The fourth-order valence-electron chi connectivity index (χ4n) is 2.46. The molecule has 0 spiro atoms. The molecule has 0 saturated heterocycles. The van der Waals surface area contributed by atoms with Gasteiger partial charge in [-0.15, -0.1) is 0 Å². The molecule has 25 heavy (non-hydrogen) atoms. The van der Waals surface area contributed by atoms with E-state index >= 15 is 0 Å². The van der Waals surface area contributed by atoms with Crippen molar-refractivity contribution in [2.24, 2.45) is 5.10 Å². The molecular weight excluding hydrogens is 316 g/mol. The van der Waals surface area contributed by atoms with Crippen LogP contribution in [0.1, 0.15) is 37.3 Å². The van der Waals surface area contributed by atoms with Crippen LogP contribution in [0, 0.1) is 0 Å². The molecule has 0 fully saturated rings. The normalized spacial score (nSPS) is 11.2. The van der Waals surface area contributed by atoms with Gasteiger partial charge in [-0.3, -0.25) is 9.59 Å². The summed E-state index contributed by atoms with van der Waals surface area (Å²) < 4.78 is 4.87. The number of nitrogens with zero attached hydrogens (tertiary/aromatic N) is 1. The van der Waals surface area contributed by atoms with Crippen LogP contribution in [0.25, 0.3) is 0 Å². The third kappa shape index (κ3) is 5.57. The molecule has 0 aliphatic heterocycles. The van der Waals surface area contributed by atoms with Gasteiger partial charge in [-0.2, -0.15) is 5.10 Å². The zero-order valence-electron chi connectivity index (χ0n) is 14.4. The van der Waals surface area contributed by atoms with Crippen molar-refractivity contribution in [3.63, 3.8) is 0 Å². The molecular formula is C20H22N2O3. The van der Waals surface area contributed by atoms with Gasteiger partial charge >= 0.3 is 5.97 Å². The van der Waals surface area contributed by atoms with Crippen LogP contribution in [0.5, 0.6) is 0 Å². The Morgan fingerprint density at radius 3 is 2.00 bits per heavy atom. The van der Waals surface area contributed by atoms with Crippen molar-refractivity contribution in [3.8, 4) is 0 Å². The van der Waals surface area contributed by atoms with Crippen LogP contribution >= 0.6 is 0 Å². The maximum absolute atomic E-state index is 12.7. The Hall–Kier alpha value is -2.95. The molecule has 0 aromatic heterocycles. The quantitative estimate of drug-likeness (QED) is 0.479. The first kappa shape index (κ1) is 18.4. The van der Waals surface area contributed by atoms with Crippen LogP contribution in [0.3, 0.4) is 0 Å². The second-order valence-electron chi connectivity index (χ2n) is 5.56. The van der Waals surface area contributed by atoms with Gasteiger partial charge in [0.2, 0.25) is 0 Å². The Balaban J connectivity index is 2.15. The number of hydrogen-bond donors (Lipinski definition) is 1. The van der Waals surface area contributed by atoms with Gasteiger partial charge in [0, 0.05) is 5.71 Å². The van der Waals surface area contributed by atoms with Crippen LogP contribution in [0.2, 0.25) is 0 Å². The lowest BCUT2D eigenvalue weighted by Crippen LogP contribution is -2.27. The fourth-order valence-corrected chi connectivity index (χ4v) is 2.46. The Kier molecular flexibility index (Phi) is 6.89. The molecule has 0 heterocycles. The molecule has 0 atom stereocenters. The number of hydrogen-bond acceptors (Lipinski definition) is 4. The van der Waals surface area contributed by atoms with E-state index in [2.05, 4.69) is 10.5 Å². The Morgan fingerprint density at radius 1 is 1.00 bits per heavy atom. The highest BCUT2D eigenvalue weighted by Gasteiger charge is 2.22. The van der Waals surface area contributed by atoms with Crippen molar-refractivity contribution < 1.29 is 14.3 Å². The first-order valence-electron chi connectivity index (χ1n) is 8.20. The largest absolute Gasteiger partial charge is 0.466 e. The molecule has 2 aromatic rings. The van der Waals surface area contributed by atoms with Gasteiger partial charge in [0.1, 0.15) is 0 Å². The summed E-state index contributed by atoms with van der Waals surface area (Å²) >= 11 is 0. The molecule has 0 saturated carbocycles. The molecule has 1 amide bonds. The van der Waals surface area contributed by atoms with E-state index in [-0.39, 0.29) is 18.3 Å². The van der Waals surface area contributed by atoms with E-state index in [9.17, 15) is 9.59 Å². The van der Waals surface area contributed by atoms with Crippen LogP contribution in [0.15, 0.2) is 65.8 Å². The zero-order chi connectivity index (χ0) is 18.1. The van der Waals surface area contributed by atoms with Crippen molar-refractivity contribution in [3.05, 3.63) is 71.8 Å². The van der Waals surface area contributed by atoms with E-state index in [4.69, 9.17) is 4.74 Å². The Morgan fingerprint density at radius 2 is 1.52 bits per heavy atom. The third-order valence-corrected chi connectivity index (χ3v) is 3.59. The number of hydrazone groups is 1. The molecule has 2 aromatic carbocycles. The standard InChI is InChI=1S/C20H22N2O3/c1-3-25-18(23)14-15(2)21-22-20(24)19(16-10-6-4-7-11-16)17-12-8-5-9-13-17/h4-13,19H,3,14H2,1-2H3,(H,22,24)/b21-15-. The van der Waals surface area contributed by atoms with Gasteiger partial charge in [-0.1, -0.05) is 60.7 Å². The summed E-state index contributed by atoms with van der Waals surface area (Å²) in [5.74, 6) is -1.08. The van der Waals surface area contributed by atoms with Crippen LogP contribution in [-0.4, -0.2) is 24.2 Å². The number of esters is 1. The molecule has 0 aliphatic carbocycles. The Bertz CT molecular complexity index is 688. The lowest BCUT2D eigenvalue weighted by Gasteiger charge is -2.16. The van der Waals surface area contributed by atoms with E-state index in [1.165, 1.54) is 0 Å². The van der Waals surface area contributed by atoms with Crippen LogP contribution in [0.4, 0.5) is 0 Å². The number of nitrogens with one attached hydrogen (secondary N) is 1.